The van der Waals surface area contributed by atoms with Crippen LogP contribution in [0.4, 0.5) is 0 Å². The highest BCUT2D eigenvalue weighted by molar-refractivity contribution is 7.91. The third-order valence-corrected chi connectivity index (χ3v) is 7.11. The number of pyridine rings is 1. The molecule has 1 amide bonds. The van der Waals surface area contributed by atoms with E-state index < -0.39 is 9.84 Å². The summed E-state index contributed by atoms with van der Waals surface area (Å²) in [7, 11) is -3.05. The van der Waals surface area contributed by atoms with Gasteiger partial charge in [-0.05, 0) is 35.6 Å². The number of nitrogens with zero attached hydrogens (tertiary/aromatic N) is 3. The van der Waals surface area contributed by atoms with E-state index in [2.05, 4.69) is 15.4 Å². The standard InChI is InChI=1S/C18H18N4O3S2/c23-18(20-11-13-3-1-6-19-10-13)15-9-16(17-4-2-7-26-17)22(21-15)14-5-8-27(24,25)12-14/h1-4,6-7,9-10,14H,5,8,11-12H2,(H,20,23). The zero-order valence-electron chi connectivity index (χ0n) is 14.4. The Morgan fingerprint density at radius 3 is 2.89 bits per heavy atom. The predicted octanol–water partition coefficient (Wildman–Crippen LogP) is 2.30. The van der Waals surface area contributed by atoms with Crippen LogP contribution in [0, 0.1) is 0 Å². The van der Waals surface area contributed by atoms with Crippen LogP contribution in [0.5, 0.6) is 0 Å². The minimum absolute atomic E-state index is 0.0593. The van der Waals surface area contributed by atoms with E-state index >= 15 is 0 Å². The van der Waals surface area contributed by atoms with E-state index in [-0.39, 0.29) is 29.1 Å². The Bertz CT molecular complexity index is 1040. The minimum Gasteiger partial charge on any atom is -0.347 e. The second-order valence-electron chi connectivity index (χ2n) is 6.44. The molecule has 1 atom stereocenters. The second-order valence-corrected chi connectivity index (χ2v) is 9.61. The molecule has 9 heteroatoms. The molecule has 140 valence electrons. The summed E-state index contributed by atoms with van der Waals surface area (Å²) in [5.41, 5.74) is 1.95. The van der Waals surface area contributed by atoms with E-state index in [1.165, 1.54) is 11.3 Å². The maximum Gasteiger partial charge on any atom is 0.272 e. The van der Waals surface area contributed by atoms with Crippen LogP contribution in [0.15, 0.2) is 48.1 Å². The number of thiophene rings is 1. The third-order valence-electron chi connectivity index (χ3n) is 4.47. The lowest BCUT2D eigenvalue weighted by molar-refractivity contribution is 0.0945. The first-order chi connectivity index (χ1) is 13.0. The fraction of sp³-hybridized carbons (Fsp3) is 0.278. The number of aromatic nitrogens is 3. The molecule has 27 heavy (non-hydrogen) atoms. The average Bonchev–Trinajstić information content (AvgIpc) is 3.39. The zero-order valence-corrected chi connectivity index (χ0v) is 16.0. The molecular weight excluding hydrogens is 384 g/mol. The summed E-state index contributed by atoms with van der Waals surface area (Å²) in [4.78, 5) is 17.6. The van der Waals surface area contributed by atoms with Crippen LogP contribution < -0.4 is 5.32 Å². The number of hydrogen-bond acceptors (Lipinski definition) is 6. The van der Waals surface area contributed by atoms with Crippen molar-refractivity contribution in [1.29, 1.82) is 0 Å². The van der Waals surface area contributed by atoms with Crippen molar-refractivity contribution in [1.82, 2.24) is 20.1 Å². The first-order valence-electron chi connectivity index (χ1n) is 8.53. The fourth-order valence-electron chi connectivity index (χ4n) is 3.14. The van der Waals surface area contributed by atoms with Gasteiger partial charge in [-0.1, -0.05) is 12.1 Å². The van der Waals surface area contributed by atoms with Gasteiger partial charge in [0.25, 0.3) is 5.91 Å². The van der Waals surface area contributed by atoms with Gasteiger partial charge in [0, 0.05) is 18.9 Å². The van der Waals surface area contributed by atoms with E-state index in [1.807, 2.05) is 29.6 Å². The van der Waals surface area contributed by atoms with Crippen LogP contribution >= 0.6 is 11.3 Å². The van der Waals surface area contributed by atoms with Crippen LogP contribution in [0.3, 0.4) is 0 Å². The maximum atomic E-state index is 12.6. The second kappa shape index (κ2) is 7.24. The monoisotopic (exact) mass is 402 g/mol. The van der Waals surface area contributed by atoms with Gasteiger partial charge in [0.15, 0.2) is 15.5 Å². The smallest absolute Gasteiger partial charge is 0.272 e. The molecule has 0 aliphatic carbocycles. The molecule has 1 saturated heterocycles. The molecule has 1 aliphatic heterocycles. The summed E-state index contributed by atoms with van der Waals surface area (Å²) < 4.78 is 25.5. The Kier molecular flexibility index (Phi) is 4.79. The Morgan fingerprint density at radius 1 is 1.33 bits per heavy atom. The van der Waals surface area contributed by atoms with Crippen molar-refractivity contribution in [3.05, 3.63) is 59.4 Å². The number of hydrogen-bond donors (Lipinski definition) is 1. The molecule has 1 unspecified atom stereocenters. The van der Waals surface area contributed by atoms with E-state index in [1.54, 1.807) is 23.1 Å². The molecule has 1 fully saturated rings. The third kappa shape index (κ3) is 3.93. The quantitative estimate of drug-likeness (QED) is 0.707. The summed E-state index contributed by atoms with van der Waals surface area (Å²) in [5.74, 6) is -0.0791. The van der Waals surface area contributed by atoms with E-state index in [0.29, 0.717) is 13.0 Å². The van der Waals surface area contributed by atoms with E-state index in [9.17, 15) is 13.2 Å². The molecule has 0 radical (unpaired) electrons. The molecule has 3 aromatic heterocycles. The first-order valence-corrected chi connectivity index (χ1v) is 11.2. The first kappa shape index (κ1) is 17.9. The van der Waals surface area contributed by atoms with Crippen LogP contribution in [0.1, 0.15) is 28.5 Å². The Labute approximate surface area is 161 Å². The Morgan fingerprint density at radius 2 is 2.22 bits per heavy atom. The highest BCUT2D eigenvalue weighted by Crippen LogP contribution is 2.32. The van der Waals surface area contributed by atoms with Crippen molar-refractivity contribution in [2.45, 2.75) is 19.0 Å². The van der Waals surface area contributed by atoms with Crippen LogP contribution in [0.25, 0.3) is 10.6 Å². The summed E-state index contributed by atoms with van der Waals surface area (Å²) in [5, 5.41) is 9.24. The molecule has 7 nitrogen and oxygen atoms in total. The topological polar surface area (TPSA) is 94.0 Å². The minimum atomic E-state index is -3.05. The van der Waals surface area contributed by atoms with E-state index in [0.717, 1.165) is 16.1 Å². The van der Waals surface area contributed by atoms with Crippen molar-refractivity contribution in [3.8, 4) is 10.6 Å². The van der Waals surface area contributed by atoms with Gasteiger partial charge in [0.05, 0.1) is 28.1 Å². The summed E-state index contributed by atoms with van der Waals surface area (Å²) in [6, 6.07) is 9.05. The molecule has 3 aromatic rings. The van der Waals surface area contributed by atoms with Gasteiger partial charge in [-0.2, -0.15) is 5.10 Å². The summed E-state index contributed by atoms with van der Waals surface area (Å²) in [6.07, 6.45) is 3.88. The average molecular weight is 403 g/mol. The van der Waals surface area contributed by atoms with Gasteiger partial charge in [0.1, 0.15) is 0 Å². The molecule has 0 bridgehead atoms. The lowest BCUT2D eigenvalue weighted by Gasteiger charge is -2.12. The number of carbonyl (C=O) groups excluding carboxylic acids is 1. The van der Waals surface area contributed by atoms with Crippen molar-refractivity contribution >= 4 is 27.1 Å². The number of carbonyl (C=O) groups is 1. The highest BCUT2D eigenvalue weighted by atomic mass is 32.2. The predicted molar refractivity (Wildman–Crippen MR) is 103 cm³/mol. The van der Waals surface area contributed by atoms with E-state index in [4.69, 9.17) is 0 Å². The van der Waals surface area contributed by atoms with Crippen LogP contribution in [-0.2, 0) is 16.4 Å². The van der Waals surface area contributed by atoms with Crippen molar-refractivity contribution in [3.63, 3.8) is 0 Å². The molecule has 0 spiro atoms. The number of sulfone groups is 1. The van der Waals surface area contributed by atoms with Crippen molar-refractivity contribution < 1.29 is 13.2 Å². The summed E-state index contributed by atoms with van der Waals surface area (Å²) in [6.45, 7) is 0.353. The fourth-order valence-corrected chi connectivity index (χ4v) is 5.56. The van der Waals surface area contributed by atoms with Gasteiger partial charge in [-0.3, -0.25) is 14.5 Å². The van der Waals surface area contributed by atoms with Gasteiger partial charge in [-0.15, -0.1) is 11.3 Å². The summed E-state index contributed by atoms with van der Waals surface area (Å²) >= 11 is 1.53. The zero-order chi connectivity index (χ0) is 18.9. The molecule has 0 aromatic carbocycles. The largest absolute Gasteiger partial charge is 0.347 e. The number of nitrogens with one attached hydrogen (secondary N) is 1. The molecule has 4 rings (SSSR count). The molecule has 0 saturated carbocycles. The van der Waals surface area contributed by atoms with Crippen LogP contribution in [-0.4, -0.2) is 40.6 Å². The van der Waals surface area contributed by atoms with Gasteiger partial charge < -0.3 is 5.32 Å². The van der Waals surface area contributed by atoms with Crippen molar-refractivity contribution in [2.24, 2.45) is 0 Å². The lowest BCUT2D eigenvalue weighted by Crippen LogP contribution is -2.24. The number of rotatable bonds is 5. The van der Waals surface area contributed by atoms with Gasteiger partial charge in [-0.25, -0.2) is 8.42 Å². The molecule has 1 N–H and O–H groups in total. The molecular formula is C18H18N4O3S2. The highest BCUT2D eigenvalue weighted by Gasteiger charge is 2.32. The lowest BCUT2D eigenvalue weighted by atomic mass is 10.2. The van der Waals surface area contributed by atoms with Gasteiger partial charge >= 0.3 is 0 Å². The van der Waals surface area contributed by atoms with Crippen molar-refractivity contribution in [2.75, 3.05) is 11.5 Å². The Hall–Kier alpha value is -2.52. The van der Waals surface area contributed by atoms with Crippen LogP contribution in [0.2, 0.25) is 0 Å². The van der Waals surface area contributed by atoms with Gasteiger partial charge in [0.2, 0.25) is 0 Å². The normalized spacial score (nSPS) is 18.4. The maximum absolute atomic E-state index is 12.6. The number of amides is 1. The molecule has 4 heterocycles. The molecule has 1 aliphatic rings. The Balaban J connectivity index is 1.60. The SMILES string of the molecule is O=C(NCc1cccnc1)c1cc(-c2cccs2)n(C2CCS(=O)(=O)C2)n1.